The normalized spacial score (nSPS) is 12.0. The van der Waals surface area contributed by atoms with Crippen LogP contribution in [0.1, 0.15) is 55.6 Å². The number of nitrogens with zero attached hydrogens (tertiary/aromatic N) is 2. The maximum absolute atomic E-state index is 13.5. The number of nitrogens with one attached hydrogen (secondary N) is 1. The van der Waals surface area contributed by atoms with Gasteiger partial charge in [0.25, 0.3) is 11.8 Å². The Hall–Kier alpha value is -5.43. The Labute approximate surface area is 265 Å². The molecule has 0 unspecified atom stereocenters. The van der Waals surface area contributed by atoms with Crippen LogP contribution in [0.25, 0.3) is 0 Å². The summed E-state index contributed by atoms with van der Waals surface area (Å²) in [4.78, 5) is 43.4. The predicted molar refractivity (Wildman–Crippen MR) is 166 cm³/mol. The van der Waals surface area contributed by atoms with E-state index in [1.165, 1.54) is 11.4 Å². The van der Waals surface area contributed by atoms with Crippen LogP contribution in [0.3, 0.4) is 0 Å². The van der Waals surface area contributed by atoms with Crippen molar-refractivity contribution < 1.29 is 42.5 Å². The molecule has 0 aliphatic rings. The van der Waals surface area contributed by atoms with Crippen molar-refractivity contribution in [2.45, 2.75) is 26.6 Å². The Balaban J connectivity index is 1.49. The largest absolute Gasteiger partial charge is 0.507 e. The first-order chi connectivity index (χ1) is 21.8. The van der Waals surface area contributed by atoms with E-state index in [4.69, 9.17) is 4.74 Å². The molecule has 1 aromatic heterocycles. The Morgan fingerprint density at radius 3 is 2.35 bits per heavy atom. The first-order valence-electron chi connectivity index (χ1n) is 13.7. The Kier molecular flexibility index (Phi) is 10.6. The zero-order valence-corrected chi connectivity index (χ0v) is 25.4. The van der Waals surface area contributed by atoms with Gasteiger partial charge in [0, 0.05) is 23.2 Å². The quantitative estimate of drug-likeness (QED) is 0.117. The summed E-state index contributed by atoms with van der Waals surface area (Å²) in [5.74, 6) is -1.87. The summed E-state index contributed by atoms with van der Waals surface area (Å²) >= 11 is 1.06. The molecule has 0 atom stereocenters. The van der Waals surface area contributed by atoms with Gasteiger partial charge in [-0.25, -0.2) is 9.78 Å². The van der Waals surface area contributed by atoms with Crippen LogP contribution in [0.5, 0.6) is 11.5 Å². The average Bonchev–Trinajstić information content (AvgIpc) is 3.50. The van der Waals surface area contributed by atoms with Crippen molar-refractivity contribution in [2.24, 2.45) is 0 Å². The number of allylic oxidation sites excluding steroid dienone is 3. The van der Waals surface area contributed by atoms with E-state index in [1.54, 1.807) is 19.1 Å². The summed E-state index contributed by atoms with van der Waals surface area (Å²) in [6, 6.07) is 16.3. The van der Waals surface area contributed by atoms with Gasteiger partial charge in [0.05, 0.1) is 12.1 Å². The number of rotatable bonds is 11. The monoisotopic (exact) mass is 651 g/mol. The molecule has 46 heavy (non-hydrogen) atoms. The molecule has 4 rings (SSSR count). The van der Waals surface area contributed by atoms with Crippen molar-refractivity contribution in [2.75, 3.05) is 11.4 Å². The molecule has 0 bridgehead atoms. The number of ether oxygens (including phenoxy) is 1. The van der Waals surface area contributed by atoms with E-state index in [2.05, 4.69) is 10.3 Å². The number of aromatic hydroxyl groups is 1. The van der Waals surface area contributed by atoms with Crippen LogP contribution in [0.2, 0.25) is 0 Å². The van der Waals surface area contributed by atoms with Crippen LogP contribution in [-0.4, -0.2) is 39.5 Å². The standard InChI is InChI=1S/C33H28F3N3O6S/c1-20(8-9-21(2)45-25-6-4-3-5-7-25)17-37-30(41)27-19-46-29(38-27)18-39(24-14-15-28(40)26(16-24)32(43)44)31(42)22-10-12-23(13-11-22)33(34,35)36/h3-16,19,40H,17-18H2,1-2H3,(H,37,41)(H,43,44)/b20-8+,21-9+. The molecule has 0 fully saturated rings. The van der Waals surface area contributed by atoms with Gasteiger partial charge in [-0.3, -0.25) is 9.59 Å². The van der Waals surface area contributed by atoms with E-state index in [0.717, 1.165) is 58.2 Å². The first kappa shape index (κ1) is 33.5. The van der Waals surface area contributed by atoms with Gasteiger partial charge in [0.15, 0.2) is 0 Å². The number of thiazole rings is 1. The first-order valence-corrected chi connectivity index (χ1v) is 14.5. The third kappa shape index (κ3) is 8.82. The maximum Gasteiger partial charge on any atom is 0.416 e. The van der Waals surface area contributed by atoms with Crippen molar-refractivity contribution in [3.05, 3.63) is 129 Å². The van der Waals surface area contributed by atoms with Crippen LogP contribution >= 0.6 is 11.3 Å². The highest BCUT2D eigenvalue weighted by molar-refractivity contribution is 7.09. The summed E-state index contributed by atoms with van der Waals surface area (Å²) in [6.45, 7) is 3.60. The van der Waals surface area contributed by atoms with Gasteiger partial charge in [0.1, 0.15) is 33.5 Å². The highest BCUT2D eigenvalue weighted by atomic mass is 32.1. The molecule has 3 N–H and O–H groups in total. The Morgan fingerprint density at radius 2 is 1.70 bits per heavy atom. The lowest BCUT2D eigenvalue weighted by Crippen LogP contribution is -2.31. The Morgan fingerprint density at radius 1 is 1.00 bits per heavy atom. The van der Waals surface area contributed by atoms with Crippen LogP contribution in [0.15, 0.2) is 102 Å². The summed E-state index contributed by atoms with van der Waals surface area (Å²) in [7, 11) is 0. The second-order valence-corrected chi connectivity index (χ2v) is 10.9. The number of carbonyl (C=O) groups is 3. The van der Waals surface area contributed by atoms with Gasteiger partial charge in [-0.15, -0.1) is 11.3 Å². The molecule has 1 heterocycles. The highest BCUT2D eigenvalue weighted by Crippen LogP contribution is 2.31. The molecule has 4 aromatic rings. The molecule has 238 valence electrons. The lowest BCUT2D eigenvalue weighted by molar-refractivity contribution is -0.137. The molecule has 2 amide bonds. The fraction of sp³-hybridized carbons (Fsp3) is 0.152. The molecule has 3 aromatic carbocycles. The van der Waals surface area contributed by atoms with Gasteiger partial charge in [-0.05, 0) is 74.5 Å². The van der Waals surface area contributed by atoms with Crippen molar-refractivity contribution in [1.82, 2.24) is 10.3 Å². The number of hydrogen-bond donors (Lipinski definition) is 3. The van der Waals surface area contributed by atoms with Crippen molar-refractivity contribution in [1.29, 1.82) is 0 Å². The molecule has 0 spiro atoms. The number of benzene rings is 3. The predicted octanol–water partition coefficient (Wildman–Crippen LogP) is 7.07. The molecule has 0 saturated carbocycles. The fourth-order valence-electron chi connectivity index (χ4n) is 4.06. The molecule has 0 aliphatic carbocycles. The lowest BCUT2D eigenvalue weighted by Gasteiger charge is -2.23. The van der Waals surface area contributed by atoms with E-state index in [1.807, 2.05) is 37.3 Å². The highest BCUT2D eigenvalue weighted by Gasteiger charge is 2.31. The van der Waals surface area contributed by atoms with Crippen molar-refractivity contribution in [3.8, 4) is 11.5 Å². The number of phenols is 1. The fourth-order valence-corrected chi connectivity index (χ4v) is 4.82. The summed E-state index contributed by atoms with van der Waals surface area (Å²) in [6.07, 6.45) is -1.02. The maximum atomic E-state index is 13.5. The average molecular weight is 652 g/mol. The van der Waals surface area contributed by atoms with Gasteiger partial charge in [-0.1, -0.05) is 29.8 Å². The third-order valence-electron chi connectivity index (χ3n) is 6.46. The smallest absolute Gasteiger partial charge is 0.416 e. The molecular formula is C33H28F3N3O6S. The van der Waals surface area contributed by atoms with E-state index >= 15 is 0 Å². The second-order valence-electron chi connectivity index (χ2n) is 9.99. The number of carboxylic acids is 1. The lowest BCUT2D eigenvalue weighted by atomic mass is 10.1. The number of amides is 2. The minimum Gasteiger partial charge on any atom is -0.507 e. The number of aromatic carboxylic acids is 1. The van der Waals surface area contributed by atoms with Crippen LogP contribution in [0, 0.1) is 0 Å². The molecule has 0 saturated heterocycles. The number of anilines is 1. The van der Waals surface area contributed by atoms with Crippen LogP contribution < -0.4 is 15.0 Å². The zero-order chi connectivity index (χ0) is 33.4. The van der Waals surface area contributed by atoms with Gasteiger partial charge in [-0.2, -0.15) is 13.2 Å². The van der Waals surface area contributed by atoms with Crippen LogP contribution in [-0.2, 0) is 12.7 Å². The third-order valence-corrected chi connectivity index (χ3v) is 7.29. The molecular weight excluding hydrogens is 623 g/mol. The minimum absolute atomic E-state index is 0.0432. The molecule has 0 aliphatic heterocycles. The number of carbonyl (C=O) groups excluding carboxylic acids is 2. The van der Waals surface area contributed by atoms with E-state index in [9.17, 15) is 37.8 Å². The summed E-state index contributed by atoms with van der Waals surface area (Å²) in [5, 5.41) is 24.0. The molecule has 13 heteroatoms. The number of halogens is 3. The van der Waals surface area contributed by atoms with Gasteiger partial charge < -0.3 is 25.2 Å². The second kappa shape index (κ2) is 14.6. The number of hydrogen-bond acceptors (Lipinski definition) is 7. The summed E-state index contributed by atoms with van der Waals surface area (Å²) < 4.78 is 44.9. The summed E-state index contributed by atoms with van der Waals surface area (Å²) in [5.41, 5.74) is -0.585. The van der Waals surface area contributed by atoms with Crippen LogP contribution in [0.4, 0.5) is 18.9 Å². The number of aromatic nitrogens is 1. The zero-order valence-electron chi connectivity index (χ0n) is 24.5. The minimum atomic E-state index is -4.60. The van der Waals surface area contributed by atoms with Gasteiger partial charge >= 0.3 is 12.1 Å². The van der Waals surface area contributed by atoms with Crippen molar-refractivity contribution in [3.63, 3.8) is 0 Å². The topological polar surface area (TPSA) is 129 Å². The Bertz CT molecular complexity index is 1780. The molecule has 0 radical (unpaired) electrons. The van der Waals surface area contributed by atoms with Crippen molar-refractivity contribution >= 4 is 34.8 Å². The van der Waals surface area contributed by atoms with E-state index in [-0.39, 0.29) is 30.0 Å². The van der Waals surface area contributed by atoms with E-state index in [0.29, 0.717) is 16.5 Å². The number of carboxylic acid groups (broad SMARTS) is 1. The number of para-hydroxylation sites is 1. The SMILES string of the molecule is C/C(=C\C=C(/C)Oc1ccccc1)CNC(=O)c1csc(CN(C(=O)c2ccc(C(F)(F)F)cc2)c2ccc(O)c(C(=O)O)c2)n1. The molecule has 9 nitrogen and oxygen atoms in total. The number of alkyl halides is 3. The van der Waals surface area contributed by atoms with Gasteiger partial charge in [0.2, 0.25) is 0 Å². The van der Waals surface area contributed by atoms with E-state index < -0.39 is 40.8 Å².